The first kappa shape index (κ1) is 24.1. The van der Waals surface area contributed by atoms with Crippen molar-refractivity contribution in [2.75, 3.05) is 10.0 Å². The predicted molar refractivity (Wildman–Crippen MR) is 145 cm³/mol. The number of aryl methyl sites for hydroxylation is 1. The minimum absolute atomic E-state index is 0.0950. The molecule has 0 spiro atoms. The summed E-state index contributed by atoms with van der Waals surface area (Å²) in [6, 6.07) is 11.8. The third-order valence-electron chi connectivity index (χ3n) is 5.83. The van der Waals surface area contributed by atoms with E-state index in [9.17, 15) is 4.79 Å². The third-order valence-corrected chi connectivity index (χ3v) is 6.99. The maximum atomic E-state index is 12.6. The van der Waals surface area contributed by atoms with Gasteiger partial charge in [-0.25, -0.2) is 9.97 Å². The van der Waals surface area contributed by atoms with Crippen molar-refractivity contribution in [3.63, 3.8) is 0 Å². The van der Waals surface area contributed by atoms with Crippen LogP contribution in [0.1, 0.15) is 44.7 Å². The van der Waals surface area contributed by atoms with E-state index in [1.165, 1.54) is 19.2 Å². The smallest absolute Gasteiger partial charge is 0.230 e. The number of nitrogens with zero attached hydrogens (tertiary/aromatic N) is 4. The van der Waals surface area contributed by atoms with Crippen molar-refractivity contribution in [3.8, 4) is 11.6 Å². The summed E-state index contributed by atoms with van der Waals surface area (Å²) in [6.45, 7) is 8.15. The second-order valence-corrected chi connectivity index (χ2v) is 11.2. The first-order valence-corrected chi connectivity index (χ1v) is 12.9. The van der Waals surface area contributed by atoms with Gasteiger partial charge in [-0.2, -0.15) is 5.10 Å². The second kappa shape index (κ2) is 9.81. The molecule has 2 aromatic heterocycles. The van der Waals surface area contributed by atoms with E-state index in [4.69, 9.17) is 4.74 Å². The number of carbonyl (C=O) groups excluding carboxylic acids is 1. The van der Waals surface area contributed by atoms with Crippen molar-refractivity contribution in [1.82, 2.24) is 19.7 Å². The van der Waals surface area contributed by atoms with Gasteiger partial charge in [0.2, 0.25) is 11.8 Å². The lowest BCUT2D eigenvalue weighted by Crippen LogP contribution is -2.22. The van der Waals surface area contributed by atoms with Crippen molar-refractivity contribution < 1.29 is 9.53 Å². The number of benzene rings is 2. The Kier molecular flexibility index (Phi) is 6.57. The number of nitrogens with one attached hydrogen (secondary N) is 2. The van der Waals surface area contributed by atoms with Crippen LogP contribution in [0.4, 0.5) is 11.4 Å². The largest absolute Gasteiger partial charge is 0.438 e. The van der Waals surface area contributed by atoms with Crippen molar-refractivity contribution >= 4 is 40.1 Å². The molecule has 5 rings (SSSR count). The molecule has 0 aliphatic heterocycles. The van der Waals surface area contributed by atoms with Gasteiger partial charge in [0.15, 0.2) is 0 Å². The van der Waals surface area contributed by atoms with Gasteiger partial charge in [-0.3, -0.25) is 9.48 Å². The molecule has 36 heavy (non-hydrogen) atoms. The number of ether oxygens (including phenoxy) is 1. The number of carbonyl (C=O) groups is 1. The molecule has 0 unspecified atom stereocenters. The molecular weight excluding hydrogens is 472 g/mol. The first-order chi connectivity index (χ1) is 17.2. The van der Waals surface area contributed by atoms with E-state index in [0.717, 1.165) is 27.7 Å². The number of amides is 1. The summed E-state index contributed by atoms with van der Waals surface area (Å²) in [7, 11) is 0. The van der Waals surface area contributed by atoms with Crippen LogP contribution in [0, 0.1) is 6.92 Å². The minimum atomic E-state index is -0.140. The highest BCUT2D eigenvalue weighted by Gasteiger charge is 2.22. The topological polar surface area (TPSA) is 94.0 Å². The van der Waals surface area contributed by atoms with Gasteiger partial charge in [0.05, 0.1) is 34.7 Å². The standard InChI is InChI=1S/C27H30N6O2S/c1-17-11-18(12-25(34)31-20-14-30-33(15-20)27(2,3)4)5-10-24(17)35-26-22-13-19(32-36-21-7-8-21)6-9-23(22)28-16-29-26/h5-6,9-11,13-16,21,32H,7-8,12H2,1-4H3,(H,31,34). The van der Waals surface area contributed by atoms with Gasteiger partial charge in [-0.05, 0) is 87.9 Å². The molecule has 1 aliphatic carbocycles. The van der Waals surface area contributed by atoms with Crippen LogP contribution in [0.25, 0.3) is 10.9 Å². The summed E-state index contributed by atoms with van der Waals surface area (Å²) in [5.74, 6) is 1.10. The Morgan fingerprint density at radius 3 is 2.69 bits per heavy atom. The molecule has 186 valence electrons. The quantitative estimate of drug-likeness (QED) is 0.282. The average Bonchev–Trinajstić information content (AvgIpc) is 3.54. The summed E-state index contributed by atoms with van der Waals surface area (Å²) >= 11 is 1.76. The molecular formula is C27H30N6O2S. The monoisotopic (exact) mass is 502 g/mol. The molecule has 1 aliphatic rings. The van der Waals surface area contributed by atoms with Crippen molar-refractivity contribution in [3.05, 3.63) is 66.2 Å². The van der Waals surface area contributed by atoms with Gasteiger partial charge in [0.1, 0.15) is 12.1 Å². The SMILES string of the molecule is Cc1cc(CC(=O)Nc2cnn(C(C)(C)C)c2)ccc1Oc1ncnc2ccc(NSC3CC3)cc12. The summed E-state index contributed by atoms with van der Waals surface area (Å²) in [5, 5.41) is 8.80. The highest BCUT2D eigenvalue weighted by Crippen LogP contribution is 2.36. The lowest BCUT2D eigenvalue weighted by molar-refractivity contribution is -0.115. The van der Waals surface area contributed by atoms with Crippen LogP contribution < -0.4 is 14.8 Å². The summed E-state index contributed by atoms with van der Waals surface area (Å²) in [5.41, 5.74) is 4.20. The number of fused-ring (bicyclic) bond motifs is 1. The normalized spacial score (nSPS) is 13.6. The van der Waals surface area contributed by atoms with Gasteiger partial charge < -0.3 is 14.8 Å². The van der Waals surface area contributed by atoms with Crippen LogP contribution in [0.3, 0.4) is 0 Å². The maximum Gasteiger partial charge on any atom is 0.230 e. The van der Waals surface area contributed by atoms with Crippen molar-refractivity contribution in [2.45, 2.75) is 57.7 Å². The number of hydrogen-bond acceptors (Lipinski definition) is 7. The molecule has 1 fully saturated rings. The zero-order valence-electron chi connectivity index (χ0n) is 20.9. The minimum Gasteiger partial charge on any atom is -0.438 e. The van der Waals surface area contributed by atoms with Crippen LogP contribution in [-0.4, -0.2) is 30.9 Å². The molecule has 2 aromatic carbocycles. The van der Waals surface area contributed by atoms with E-state index in [-0.39, 0.29) is 17.9 Å². The molecule has 0 radical (unpaired) electrons. The molecule has 1 saturated carbocycles. The number of hydrogen-bond donors (Lipinski definition) is 2. The summed E-state index contributed by atoms with van der Waals surface area (Å²) in [4.78, 5) is 21.4. The van der Waals surface area contributed by atoms with Gasteiger partial charge >= 0.3 is 0 Å². The molecule has 0 bridgehead atoms. The van der Waals surface area contributed by atoms with E-state index < -0.39 is 0 Å². The summed E-state index contributed by atoms with van der Waals surface area (Å²) in [6.07, 6.45) is 7.81. The van der Waals surface area contributed by atoms with Crippen LogP contribution >= 0.6 is 11.9 Å². The fraction of sp³-hybridized carbons (Fsp3) is 0.333. The Hall–Kier alpha value is -3.59. The van der Waals surface area contributed by atoms with E-state index in [1.54, 1.807) is 18.1 Å². The zero-order valence-corrected chi connectivity index (χ0v) is 21.7. The third kappa shape index (κ3) is 5.79. The molecule has 2 N–H and O–H groups in total. The van der Waals surface area contributed by atoms with Gasteiger partial charge in [-0.1, -0.05) is 12.1 Å². The number of anilines is 2. The average molecular weight is 503 g/mol. The fourth-order valence-corrected chi connectivity index (χ4v) is 4.50. The number of aromatic nitrogens is 4. The van der Waals surface area contributed by atoms with Gasteiger partial charge in [0.25, 0.3) is 0 Å². The Morgan fingerprint density at radius 1 is 1.14 bits per heavy atom. The maximum absolute atomic E-state index is 12.6. The summed E-state index contributed by atoms with van der Waals surface area (Å²) < 4.78 is 11.5. The second-order valence-electron chi connectivity index (χ2n) is 10.1. The molecule has 0 saturated heterocycles. The molecule has 0 atom stereocenters. The van der Waals surface area contributed by atoms with Crippen molar-refractivity contribution in [2.24, 2.45) is 0 Å². The molecule has 4 aromatic rings. The zero-order chi connectivity index (χ0) is 25.3. The Labute approximate surface area is 215 Å². The van der Waals surface area contributed by atoms with Crippen LogP contribution in [0.2, 0.25) is 0 Å². The van der Waals surface area contributed by atoms with E-state index in [0.29, 0.717) is 22.6 Å². The lowest BCUT2D eigenvalue weighted by atomic mass is 10.1. The van der Waals surface area contributed by atoms with Gasteiger partial charge in [0, 0.05) is 17.1 Å². The van der Waals surface area contributed by atoms with E-state index in [1.807, 2.05) is 54.2 Å². The Bertz CT molecular complexity index is 1410. The van der Waals surface area contributed by atoms with Crippen LogP contribution in [-0.2, 0) is 16.8 Å². The fourth-order valence-electron chi connectivity index (χ4n) is 3.70. The molecule has 2 heterocycles. The predicted octanol–water partition coefficient (Wildman–Crippen LogP) is 6.09. The highest BCUT2D eigenvalue weighted by atomic mass is 32.2. The van der Waals surface area contributed by atoms with Crippen LogP contribution in [0.5, 0.6) is 11.6 Å². The lowest BCUT2D eigenvalue weighted by Gasteiger charge is -2.18. The van der Waals surface area contributed by atoms with Gasteiger partial charge in [-0.15, -0.1) is 0 Å². The number of rotatable bonds is 8. The molecule has 8 nitrogen and oxygen atoms in total. The first-order valence-electron chi connectivity index (χ1n) is 12.0. The highest BCUT2D eigenvalue weighted by molar-refractivity contribution is 8.01. The van der Waals surface area contributed by atoms with Crippen LogP contribution in [0.15, 0.2) is 55.1 Å². The molecule has 9 heteroatoms. The van der Waals surface area contributed by atoms with E-state index >= 15 is 0 Å². The Balaban J connectivity index is 1.27. The van der Waals surface area contributed by atoms with Crippen molar-refractivity contribution in [1.29, 1.82) is 0 Å². The molecule has 1 amide bonds. The van der Waals surface area contributed by atoms with E-state index in [2.05, 4.69) is 45.9 Å². The Morgan fingerprint density at radius 2 is 1.97 bits per heavy atom.